The van der Waals surface area contributed by atoms with Crippen molar-refractivity contribution in [2.45, 2.75) is 44.6 Å². The van der Waals surface area contributed by atoms with Gasteiger partial charge in [-0.05, 0) is 36.5 Å². The van der Waals surface area contributed by atoms with Gasteiger partial charge in [-0.2, -0.15) is 0 Å². The van der Waals surface area contributed by atoms with Crippen LogP contribution in [0.1, 0.15) is 50.1 Å². The van der Waals surface area contributed by atoms with Crippen LogP contribution in [0.2, 0.25) is 0 Å². The quantitative estimate of drug-likeness (QED) is 0.507. The molecule has 2 aromatic rings. The van der Waals surface area contributed by atoms with Gasteiger partial charge >= 0.3 is 0 Å². The molecule has 20 heavy (non-hydrogen) atoms. The maximum atomic E-state index is 5.91. The van der Waals surface area contributed by atoms with Crippen LogP contribution in [0.5, 0.6) is 0 Å². The van der Waals surface area contributed by atoms with Crippen LogP contribution >= 0.6 is 0 Å². The van der Waals surface area contributed by atoms with E-state index in [1.165, 1.54) is 49.5 Å². The average Bonchev–Trinajstić information content (AvgIpc) is 2.78. The Morgan fingerprint density at radius 3 is 2.55 bits per heavy atom. The highest BCUT2D eigenvalue weighted by molar-refractivity contribution is 5.82. The smallest absolute Gasteiger partial charge is 0.0705 e. The second kappa shape index (κ2) is 6.33. The van der Waals surface area contributed by atoms with Crippen molar-refractivity contribution in [2.24, 2.45) is 11.8 Å². The number of benzene rings is 1. The molecule has 0 bridgehead atoms. The number of hydrogen-bond donors (Lipinski definition) is 2. The van der Waals surface area contributed by atoms with Gasteiger partial charge in [0.05, 0.1) is 5.52 Å². The molecular formula is C17H23N3. The predicted octanol–water partition coefficient (Wildman–Crippen LogP) is 3.71. The van der Waals surface area contributed by atoms with Crippen molar-refractivity contribution < 1.29 is 0 Å². The van der Waals surface area contributed by atoms with E-state index >= 15 is 0 Å². The number of nitrogens with two attached hydrogens (primary N) is 1. The molecule has 1 aliphatic rings. The number of pyridine rings is 1. The summed E-state index contributed by atoms with van der Waals surface area (Å²) in [6.45, 7) is 0. The topological polar surface area (TPSA) is 50.9 Å². The first-order chi connectivity index (χ1) is 9.90. The van der Waals surface area contributed by atoms with Gasteiger partial charge in [0.25, 0.3) is 0 Å². The molecule has 1 atom stereocenters. The van der Waals surface area contributed by atoms with E-state index in [9.17, 15) is 0 Å². The fourth-order valence-electron chi connectivity index (χ4n) is 3.51. The Balaban J connectivity index is 1.98. The molecule has 0 aliphatic heterocycles. The van der Waals surface area contributed by atoms with Crippen LogP contribution in [0.25, 0.3) is 10.9 Å². The molecule has 1 unspecified atom stereocenters. The van der Waals surface area contributed by atoms with E-state index in [0.29, 0.717) is 5.92 Å². The maximum Gasteiger partial charge on any atom is 0.0705 e. The summed E-state index contributed by atoms with van der Waals surface area (Å²) in [7, 11) is 0. The average molecular weight is 269 g/mol. The molecule has 1 heterocycles. The van der Waals surface area contributed by atoms with Crippen molar-refractivity contribution in [3.05, 3.63) is 42.1 Å². The lowest BCUT2D eigenvalue weighted by molar-refractivity contribution is 0.330. The van der Waals surface area contributed by atoms with Crippen LogP contribution in [0.4, 0.5) is 0 Å². The van der Waals surface area contributed by atoms with Crippen LogP contribution in [-0.4, -0.2) is 4.98 Å². The number of rotatable bonds is 3. The fraction of sp³-hybridized carbons (Fsp3) is 0.471. The van der Waals surface area contributed by atoms with Crippen molar-refractivity contribution in [3.8, 4) is 0 Å². The van der Waals surface area contributed by atoms with E-state index in [0.717, 1.165) is 5.52 Å². The van der Waals surface area contributed by atoms with Crippen LogP contribution in [0, 0.1) is 5.92 Å². The van der Waals surface area contributed by atoms with E-state index in [2.05, 4.69) is 34.7 Å². The number of hydrazine groups is 1. The van der Waals surface area contributed by atoms with Crippen molar-refractivity contribution in [1.82, 2.24) is 10.4 Å². The van der Waals surface area contributed by atoms with Gasteiger partial charge in [0, 0.05) is 17.6 Å². The fourth-order valence-corrected chi connectivity index (χ4v) is 3.51. The van der Waals surface area contributed by atoms with Crippen LogP contribution < -0.4 is 11.3 Å². The zero-order chi connectivity index (χ0) is 13.8. The molecule has 0 saturated heterocycles. The predicted molar refractivity (Wildman–Crippen MR) is 83.0 cm³/mol. The number of aromatic nitrogens is 1. The highest BCUT2D eigenvalue weighted by Crippen LogP contribution is 2.35. The second-order valence-corrected chi connectivity index (χ2v) is 5.81. The molecule has 1 aromatic heterocycles. The van der Waals surface area contributed by atoms with Gasteiger partial charge in [-0.15, -0.1) is 0 Å². The number of fused-ring (bicyclic) bond motifs is 1. The Morgan fingerprint density at radius 2 is 1.80 bits per heavy atom. The summed E-state index contributed by atoms with van der Waals surface area (Å²) in [5.74, 6) is 6.54. The molecule has 106 valence electrons. The number of nitrogens with zero attached hydrogens (tertiary/aromatic N) is 1. The summed E-state index contributed by atoms with van der Waals surface area (Å²) in [4.78, 5) is 4.45. The van der Waals surface area contributed by atoms with E-state index in [1.54, 1.807) is 0 Å². The standard InChI is InChI=1S/C17H23N3/c18-20-17(13-7-3-1-2-4-8-13)15-11-12-19-16-10-6-5-9-14(15)16/h5-6,9-13,17,20H,1-4,7-8,18H2. The Bertz CT molecular complexity index is 554. The van der Waals surface area contributed by atoms with Gasteiger partial charge in [0.1, 0.15) is 0 Å². The number of nitrogens with one attached hydrogen (secondary N) is 1. The summed E-state index contributed by atoms with van der Waals surface area (Å²) in [5, 5.41) is 1.22. The van der Waals surface area contributed by atoms with Gasteiger partial charge < -0.3 is 0 Å². The SMILES string of the molecule is NNC(c1ccnc2ccccc12)C1CCCCCC1. The van der Waals surface area contributed by atoms with Gasteiger partial charge in [-0.3, -0.25) is 16.3 Å². The van der Waals surface area contributed by atoms with Crippen LogP contribution in [0.3, 0.4) is 0 Å². The number of hydrogen-bond acceptors (Lipinski definition) is 3. The third kappa shape index (κ3) is 2.69. The molecule has 1 fully saturated rings. The van der Waals surface area contributed by atoms with Crippen molar-refractivity contribution >= 4 is 10.9 Å². The first-order valence-electron chi connectivity index (χ1n) is 7.70. The third-order valence-electron chi connectivity index (χ3n) is 4.57. The third-order valence-corrected chi connectivity index (χ3v) is 4.57. The summed E-state index contributed by atoms with van der Waals surface area (Å²) >= 11 is 0. The largest absolute Gasteiger partial charge is 0.271 e. The lowest BCUT2D eigenvalue weighted by Crippen LogP contribution is -2.33. The number of para-hydroxylation sites is 1. The molecule has 1 saturated carbocycles. The van der Waals surface area contributed by atoms with Gasteiger partial charge in [0.2, 0.25) is 0 Å². The molecule has 0 spiro atoms. The highest BCUT2D eigenvalue weighted by Gasteiger charge is 2.24. The van der Waals surface area contributed by atoms with E-state index in [-0.39, 0.29) is 6.04 Å². The minimum atomic E-state index is 0.237. The van der Waals surface area contributed by atoms with E-state index in [4.69, 9.17) is 5.84 Å². The monoisotopic (exact) mass is 269 g/mol. The zero-order valence-corrected chi connectivity index (χ0v) is 11.9. The normalized spacial score (nSPS) is 18.9. The summed E-state index contributed by atoms with van der Waals surface area (Å²) < 4.78 is 0. The van der Waals surface area contributed by atoms with Gasteiger partial charge in [-0.25, -0.2) is 0 Å². The van der Waals surface area contributed by atoms with Crippen molar-refractivity contribution in [3.63, 3.8) is 0 Å². The van der Waals surface area contributed by atoms with E-state index in [1.807, 2.05) is 12.3 Å². The van der Waals surface area contributed by atoms with Gasteiger partial charge in [0.15, 0.2) is 0 Å². The van der Waals surface area contributed by atoms with E-state index < -0.39 is 0 Å². The Kier molecular flexibility index (Phi) is 4.28. The maximum absolute atomic E-state index is 5.91. The minimum absolute atomic E-state index is 0.237. The molecule has 1 aromatic carbocycles. The highest BCUT2D eigenvalue weighted by atomic mass is 15.2. The van der Waals surface area contributed by atoms with Crippen LogP contribution in [-0.2, 0) is 0 Å². The molecule has 3 N–H and O–H groups in total. The lowest BCUT2D eigenvalue weighted by Gasteiger charge is -2.26. The first kappa shape index (κ1) is 13.5. The zero-order valence-electron chi connectivity index (χ0n) is 11.9. The molecule has 3 rings (SSSR count). The Hall–Kier alpha value is -1.45. The molecule has 1 aliphatic carbocycles. The summed E-state index contributed by atoms with van der Waals surface area (Å²) in [6.07, 6.45) is 9.82. The van der Waals surface area contributed by atoms with Crippen molar-refractivity contribution in [1.29, 1.82) is 0 Å². The van der Waals surface area contributed by atoms with Gasteiger partial charge in [-0.1, -0.05) is 43.9 Å². The van der Waals surface area contributed by atoms with Crippen molar-refractivity contribution in [2.75, 3.05) is 0 Å². The molecule has 0 radical (unpaired) electrons. The minimum Gasteiger partial charge on any atom is -0.271 e. The summed E-state index contributed by atoms with van der Waals surface area (Å²) in [5.41, 5.74) is 5.43. The second-order valence-electron chi connectivity index (χ2n) is 5.81. The summed E-state index contributed by atoms with van der Waals surface area (Å²) in [6, 6.07) is 10.7. The Morgan fingerprint density at radius 1 is 1.05 bits per heavy atom. The molecular weight excluding hydrogens is 246 g/mol. The first-order valence-corrected chi connectivity index (χ1v) is 7.70. The molecule has 0 amide bonds. The van der Waals surface area contributed by atoms with Crippen LogP contribution in [0.15, 0.2) is 36.5 Å². The Labute approximate surface area is 120 Å². The lowest BCUT2D eigenvalue weighted by atomic mass is 9.86. The molecule has 3 heteroatoms. The molecule has 3 nitrogen and oxygen atoms in total.